The van der Waals surface area contributed by atoms with Gasteiger partial charge in [-0.15, -0.1) is 11.6 Å². The SMILES string of the molecule is CC1CC(C)C(C)N(C(=O)CCCl)C1. The van der Waals surface area contributed by atoms with Crippen molar-refractivity contribution in [2.75, 3.05) is 12.4 Å². The first-order valence-corrected chi connectivity index (χ1v) is 5.95. The van der Waals surface area contributed by atoms with Crippen LogP contribution in [0.1, 0.15) is 33.6 Å². The molecule has 0 spiro atoms. The maximum absolute atomic E-state index is 11.7. The molecule has 0 aromatic carbocycles. The Morgan fingerprint density at radius 3 is 2.64 bits per heavy atom. The third kappa shape index (κ3) is 2.63. The van der Waals surface area contributed by atoms with E-state index >= 15 is 0 Å². The number of carbonyl (C=O) groups is 1. The molecule has 0 bridgehead atoms. The molecule has 1 heterocycles. The number of likely N-dealkylation sites (tertiary alicyclic amines) is 1. The summed E-state index contributed by atoms with van der Waals surface area (Å²) in [6.07, 6.45) is 1.71. The number of piperidine rings is 1. The van der Waals surface area contributed by atoms with Gasteiger partial charge in [-0.2, -0.15) is 0 Å². The summed E-state index contributed by atoms with van der Waals surface area (Å²) in [5.41, 5.74) is 0. The summed E-state index contributed by atoms with van der Waals surface area (Å²) in [7, 11) is 0. The van der Waals surface area contributed by atoms with Crippen molar-refractivity contribution in [2.24, 2.45) is 11.8 Å². The third-order valence-corrected chi connectivity index (χ3v) is 3.42. The van der Waals surface area contributed by atoms with E-state index in [0.29, 0.717) is 30.2 Å². The number of hydrogen-bond donors (Lipinski definition) is 0. The highest BCUT2D eigenvalue weighted by atomic mass is 35.5. The summed E-state index contributed by atoms with van der Waals surface area (Å²) < 4.78 is 0. The minimum Gasteiger partial charge on any atom is -0.339 e. The molecule has 0 saturated carbocycles. The number of halogens is 1. The van der Waals surface area contributed by atoms with Crippen LogP contribution in [0.25, 0.3) is 0 Å². The molecule has 3 heteroatoms. The fraction of sp³-hybridized carbons (Fsp3) is 0.909. The molecule has 1 saturated heterocycles. The fourth-order valence-corrected chi connectivity index (χ4v) is 2.43. The Morgan fingerprint density at radius 1 is 1.43 bits per heavy atom. The molecule has 1 aliphatic rings. The van der Waals surface area contributed by atoms with E-state index in [1.807, 2.05) is 4.90 Å². The van der Waals surface area contributed by atoms with E-state index in [9.17, 15) is 4.79 Å². The molecule has 1 fully saturated rings. The molecule has 0 aromatic heterocycles. The molecular formula is C11H20ClNO. The van der Waals surface area contributed by atoms with Crippen molar-refractivity contribution in [3.8, 4) is 0 Å². The van der Waals surface area contributed by atoms with Gasteiger partial charge in [0.1, 0.15) is 0 Å². The monoisotopic (exact) mass is 217 g/mol. The second kappa shape index (κ2) is 5.01. The highest BCUT2D eigenvalue weighted by Crippen LogP contribution is 2.27. The Morgan fingerprint density at radius 2 is 2.07 bits per heavy atom. The number of nitrogens with zero attached hydrogens (tertiary/aromatic N) is 1. The second-order valence-electron chi connectivity index (χ2n) is 4.54. The van der Waals surface area contributed by atoms with Crippen molar-refractivity contribution in [3.63, 3.8) is 0 Å². The summed E-state index contributed by atoms with van der Waals surface area (Å²) >= 11 is 5.59. The normalized spacial score (nSPS) is 33.1. The third-order valence-electron chi connectivity index (χ3n) is 3.23. The summed E-state index contributed by atoms with van der Waals surface area (Å²) in [4.78, 5) is 13.7. The van der Waals surface area contributed by atoms with Gasteiger partial charge in [-0.1, -0.05) is 13.8 Å². The van der Waals surface area contributed by atoms with Gasteiger partial charge < -0.3 is 4.90 Å². The van der Waals surface area contributed by atoms with Crippen LogP contribution in [0.2, 0.25) is 0 Å². The largest absolute Gasteiger partial charge is 0.339 e. The molecule has 14 heavy (non-hydrogen) atoms. The predicted octanol–water partition coefficient (Wildman–Crippen LogP) is 2.51. The molecule has 1 rings (SSSR count). The second-order valence-corrected chi connectivity index (χ2v) is 4.92. The Kier molecular flexibility index (Phi) is 4.24. The minimum atomic E-state index is 0.214. The lowest BCUT2D eigenvalue weighted by Crippen LogP contribution is -2.48. The molecule has 0 N–H and O–H groups in total. The van der Waals surface area contributed by atoms with Gasteiger partial charge in [-0.25, -0.2) is 0 Å². The van der Waals surface area contributed by atoms with E-state index in [4.69, 9.17) is 11.6 Å². The van der Waals surface area contributed by atoms with Crippen molar-refractivity contribution in [2.45, 2.75) is 39.7 Å². The van der Waals surface area contributed by atoms with Crippen LogP contribution in [0.3, 0.4) is 0 Å². The van der Waals surface area contributed by atoms with E-state index in [2.05, 4.69) is 20.8 Å². The molecule has 1 aliphatic heterocycles. The fourth-order valence-electron chi connectivity index (χ4n) is 2.27. The smallest absolute Gasteiger partial charge is 0.224 e. The van der Waals surface area contributed by atoms with Crippen molar-refractivity contribution in [1.82, 2.24) is 4.90 Å². The van der Waals surface area contributed by atoms with Crippen LogP contribution in [-0.2, 0) is 4.79 Å². The van der Waals surface area contributed by atoms with E-state index in [1.165, 1.54) is 6.42 Å². The molecule has 3 unspecified atom stereocenters. The van der Waals surface area contributed by atoms with Crippen molar-refractivity contribution >= 4 is 17.5 Å². The van der Waals surface area contributed by atoms with Crippen LogP contribution >= 0.6 is 11.6 Å². The number of rotatable bonds is 2. The van der Waals surface area contributed by atoms with Crippen LogP contribution in [0.4, 0.5) is 0 Å². The average Bonchev–Trinajstić information content (AvgIpc) is 2.11. The predicted molar refractivity (Wildman–Crippen MR) is 59.5 cm³/mol. The van der Waals surface area contributed by atoms with Gasteiger partial charge >= 0.3 is 0 Å². The molecular weight excluding hydrogens is 198 g/mol. The maximum atomic E-state index is 11.7. The number of amides is 1. The molecule has 1 amide bonds. The van der Waals surface area contributed by atoms with Gasteiger partial charge in [-0.3, -0.25) is 4.79 Å². The molecule has 82 valence electrons. The Balaban J connectivity index is 2.61. The number of alkyl halides is 1. The summed E-state index contributed by atoms with van der Waals surface area (Å²) in [5, 5.41) is 0. The number of carbonyl (C=O) groups excluding carboxylic acids is 1. The van der Waals surface area contributed by atoms with Gasteiger partial charge in [0.2, 0.25) is 5.91 Å². The van der Waals surface area contributed by atoms with E-state index < -0.39 is 0 Å². The summed E-state index contributed by atoms with van der Waals surface area (Å²) in [6.45, 7) is 7.48. The quantitative estimate of drug-likeness (QED) is 0.651. The van der Waals surface area contributed by atoms with Crippen LogP contribution in [-0.4, -0.2) is 29.3 Å². The highest BCUT2D eigenvalue weighted by molar-refractivity contribution is 6.18. The first kappa shape index (κ1) is 11.8. The van der Waals surface area contributed by atoms with Crippen LogP contribution < -0.4 is 0 Å². The lowest BCUT2D eigenvalue weighted by molar-refractivity contribution is -0.136. The molecule has 0 aliphatic carbocycles. The maximum Gasteiger partial charge on any atom is 0.224 e. The van der Waals surface area contributed by atoms with Crippen LogP contribution in [0.5, 0.6) is 0 Å². The topological polar surface area (TPSA) is 20.3 Å². The standard InChI is InChI=1S/C11H20ClNO/c1-8-6-9(2)10(3)13(7-8)11(14)4-5-12/h8-10H,4-7H2,1-3H3. The first-order chi connectivity index (χ1) is 6.56. The Hall–Kier alpha value is -0.240. The average molecular weight is 218 g/mol. The summed E-state index contributed by atoms with van der Waals surface area (Å²) in [6, 6.07) is 0.377. The van der Waals surface area contributed by atoms with Crippen molar-refractivity contribution in [3.05, 3.63) is 0 Å². The van der Waals surface area contributed by atoms with Gasteiger partial charge in [0, 0.05) is 24.9 Å². The van der Waals surface area contributed by atoms with E-state index in [0.717, 1.165) is 6.54 Å². The molecule has 2 nitrogen and oxygen atoms in total. The Bertz CT molecular complexity index is 207. The lowest BCUT2D eigenvalue weighted by Gasteiger charge is -2.41. The summed E-state index contributed by atoms with van der Waals surface area (Å²) in [5.74, 6) is 1.88. The van der Waals surface area contributed by atoms with E-state index in [-0.39, 0.29) is 5.91 Å². The van der Waals surface area contributed by atoms with Gasteiger partial charge in [-0.05, 0) is 25.2 Å². The van der Waals surface area contributed by atoms with Gasteiger partial charge in [0.25, 0.3) is 0 Å². The van der Waals surface area contributed by atoms with Crippen molar-refractivity contribution in [1.29, 1.82) is 0 Å². The first-order valence-electron chi connectivity index (χ1n) is 5.41. The van der Waals surface area contributed by atoms with Crippen LogP contribution in [0.15, 0.2) is 0 Å². The highest BCUT2D eigenvalue weighted by Gasteiger charge is 2.31. The molecule has 0 aromatic rings. The zero-order chi connectivity index (χ0) is 10.7. The zero-order valence-corrected chi connectivity index (χ0v) is 10.0. The zero-order valence-electron chi connectivity index (χ0n) is 9.29. The minimum absolute atomic E-state index is 0.214. The molecule has 0 radical (unpaired) electrons. The Labute approximate surface area is 91.6 Å². The van der Waals surface area contributed by atoms with Crippen LogP contribution in [0, 0.1) is 11.8 Å². The van der Waals surface area contributed by atoms with Gasteiger partial charge in [0.15, 0.2) is 0 Å². The van der Waals surface area contributed by atoms with Gasteiger partial charge in [0.05, 0.1) is 0 Å². The number of hydrogen-bond acceptors (Lipinski definition) is 1. The van der Waals surface area contributed by atoms with E-state index in [1.54, 1.807) is 0 Å². The lowest BCUT2D eigenvalue weighted by atomic mass is 9.86. The van der Waals surface area contributed by atoms with Crippen molar-refractivity contribution < 1.29 is 4.79 Å². The molecule has 3 atom stereocenters.